The van der Waals surface area contributed by atoms with E-state index in [4.69, 9.17) is 4.74 Å². The molecule has 96 valence electrons. The summed E-state index contributed by atoms with van der Waals surface area (Å²) in [5.41, 5.74) is 2.74. The second-order valence-electron chi connectivity index (χ2n) is 5.40. The fourth-order valence-electron chi connectivity index (χ4n) is 3.26. The average molecular weight is 243 g/mol. The first-order valence-corrected chi connectivity index (χ1v) is 6.91. The molecule has 2 nitrogen and oxygen atoms in total. The van der Waals surface area contributed by atoms with E-state index in [2.05, 4.69) is 48.7 Å². The lowest BCUT2D eigenvalue weighted by Gasteiger charge is -2.30. The predicted molar refractivity (Wildman–Crippen MR) is 74.9 cm³/mol. The summed E-state index contributed by atoms with van der Waals surface area (Å²) >= 11 is 0. The number of hydrogen-bond acceptors (Lipinski definition) is 1. The number of nitrogens with zero attached hydrogens (tertiary/aromatic N) is 1. The highest BCUT2D eigenvalue weighted by atomic mass is 16.5. The molecule has 1 saturated heterocycles. The fourth-order valence-corrected chi connectivity index (χ4v) is 3.26. The number of aromatic nitrogens is 1. The van der Waals surface area contributed by atoms with Crippen LogP contribution < -0.4 is 0 Å². The largest absolute Gasteiger partial charge is 0.381 e. The molecule has 18 heavy (non-hydrogen) atoms. The molecule has 0 saturated carbocycles. The van der Waals surface area contributed by atoms with Crippen molar-refractivity contribution >= 4 is 10.9 Å². The second kappa shape index (κ2) is 4.77. The summed E-state index contributed by atoms with van der Waals surface area (Å²) in [6.07, 6.45) is 2.38. The molecule has 0 bridgehead atoms. The average Bonchev–Trinajstić information content (AvgIpc) is 2.75. The van der Waals surface area contributed by atoms with Crippen molar-refractivity contribution < 1.29 is 4.74 Å². The van der Waals surface area contributed by atoms with Gasteiger partial charge in [0, 0.05) is 30.5 Å². The molecule has 2 heteroatoms. The molecule has 1 fully saturated rings. The number of aryl methyl sites for hydroxylation is 1. The van der Waals surface area contributed by atoms with E-state index < -0.39 is 0 Å². The maximum Gasteiger partial charge on any atom is 0.0485 e. The van der Waals surface area contributed by atoms with Crippen molar-refractivity contribution in [3.8, 4) is 0 Å². The van der Waals surface area contributed by atoms with E-state index in [1.165, 1.54) is 29.4 Å². The highest BCUT2D eigenvalue weighted by Crippen LogP contribution is 2.32. The van der Waals surface area contributed by atoms with Crippen LogP contribution in [0.1, 0.15) is 31.5 Å². The van der Waals surface area contributed by atoms with Crippen LogP contribution in [0.15, 0.2) is 30.3 Å². The lowest BCUT2D eigenvalue weighted by molar-refractivity contribution is 0.0517. The van der Waals surface area contributed by atoms with Gasteiger partial charge in [0.15, 0.2) is 0 Å². The molecule has 0 radical (unpaired) electrons. The first-order valence-electron chi connectivity index (χ1n) is 6.91. The minimum Gasteiger partial charge on any atom is -0.381 e. The summed E-state index contributed by atoms with van der Waals surface area (Å²) in [4.78, 5) is 0. The number of fused-ring (bicyclic) bond motifs is 1. The first-order chi connectivity index (χ1) is 8.77. The van der Waals surface area contributed by atoms with Crippen molar-refractivity contribution in [2.45, 2.75) is 32.7 Å². The molecule has 0 amide bonds. The van der Waals surface area contributed by atoms with Gasteiger partial charge in [-0.2, -0.15) is 0 Å². The Bertz CT molecular complexity index is 537. The van der Waals surface area contributed by atoms with Gasteiger partial charge >= 0.3 is 0 Å². The van der Waals surface area contributed by atoms with Gasteiger partial charge in [-0.05, 0) is 50.1 Å². The Balaban J connectivity index is 1.99. The van der Waals surface area contributed by atoms with Crippen LogP contribution in [-0.2, 0) is 4.74 Å². The maximum atomic E-state index is 5.48. The highest BCUT2D eigenvalue weighted by Gasteiger charge is 2.23. The van der Waals surface area contributed by atoms with Crippen LogP contribution in [0.2, 0.25) is 0 Å². The third-order valence-electron chi connectivity index (χ3n) is 4.30. The number of hydrogen-bond donors (Lipinski definition) is 0. The Morgan fingerprint density at radius 1 is 1.22 bits per heavy atom. The molecule has 1 aromatic carbocycles. The summed E-state index contributed by atoms with van der Waals surface area (Å²) in [7, 11) is 0. The zero-order chi connectivity index (χ0) is 12.5. The molecule has 1 aliphatic heterocycles. The van der Waals surface area contributed by atoms with Crippen LogP contribution in [-0.4, -0.2) is 17.8 Å². The van der Waals surface area contributed by atoms with Crippen molar-refractivity contribution in [2.75, 3.05) is 13.2 Å². The molecule has 0 N–H and O–H groups in total. The van der Waals surface area contributed by atoms with Gasteiger partial charge < -0.3 is 9.30 Å². The maximum absolute atomic E-state index is 5.48. The van der Waals surface area contributed by atoms with Gasteiger partial charge in [-0.25, -0.2) is 0 Å². The second-order valence-corrected chi connectivity index (χ2v) is 5.40. The van der Waals surface area contributed by atoms with Gasteiger partial charge in [0.25, 0.3) is 0 Å². The van der Waals surface area contributed by atoms with Gasteiger partial charge in [-0.1, -0.05) is 18.2 Å². The molecule has 1 atom stereocenters. The summed E-state index contributed by atoms with van der Waals surface area (Å²) in [6, 6.07) is 11.5. The standard InChI is InChI=1S/C16H21NO/c1-12-11-15-5-3-4-6-16(15)17(12)13(2)14-7-9-18-10-8-14/h3-6,11,13-14H,7-10H2,1-2H3. The van der Waals surface area contributed by atoms with E-state index in [9.17, 15) is 0 Å². The number of para-hydroxylation sites is 1. The number of benzene rings is 1. The monoisotopic (exact) mass is 243 g/mol. The van der Waals surface area contributed by atoms with E-state index >= 15 is 0 Å². The van der Waals surface area contributed by atoms with Crippen LogP contribution in [0.25, 0.3) is 10.9 Å². The van der Waals surface area contributed by atoms with Crippen molar-refractivity contribution in [3.05, 3.63) is 36.0 Å². The Morgan fingerprint density at radius 3 is 2.72 bits per heavy atom. The smallest absolute Gasteiger partial charge is 0.0485 e. The summed E-state index contributed by atoms with van der Waals surface area (Å²) in [6.45, 7) is 6.42. The van der Waals surface area contributed by atoms with Crippen LogP contribution >= 0.6 is 0 Å². The summed E-state index contributed by atoms with van der Waals surface area (Å²) in [5, 5.41) is 1.36. The Labute approximate surface area is 109 Å². The van der Waals surface area contributed by atoms with Gasteiger partial charge in [-0.3, -0.25) is 0 Å². The van der Waals surface area contributed by atoms with E-state index in [0.717, 1.165) is 19.1 Å². The van der Waals surface area contributed by atoms with Crippen LogP contribution in [0.4, 0.5) is 0 Å². The quantitative estimate of drug-likeness (QED) is 0.779. The van der Waals surface area contributed by atoms with Gasteiger partial charge in [0.05, 0.1) is 0 Å². The molecule has 2 heterocycles. The molecule has 3 rings (SSSR count). The Kier molecular flexibility index (Phi) is 3.13. The van der Waals surface area contributed by atoms with E-state index in [-0.39, 0.29) is 0 Å². The lowest BCUT2D eigenvalue weighted by Crippen LogP contribution is -2.24. The van der Waals surface area contributed by atoms with Crippen molar-refractivity contribution in [2.24, 2.45) is 5.92 Å². The predicted octanol–water partition coefficient (Wildman–Crippen LogP) is 3.94. The molecule has 1 unspecified atom stereocenters. The SMILES string of the molecule is Cc1cc2ccccc2n1C(C)C1CCOCC1. The van der Waals surface area contributed by atoms with Crippen LogP contribution in [0, 0.1) is 12.8 Å². The first kappa shape index (κ1) is 11.8. The topological polar surface area (TPSA) is 14.2 Å². The number of rotatable bonds is 2. The zero-order valence-corrected chi connectivity index (χ0v) is 11.2. The van der Waals surface area contributed by atoms with E-state index in [0.29, 0.717) is 6.04 Å². The van der Waals surface area contributed by atoms with Crippen molar-refractivity contribution in [1.82, 2.24) is 4.57 Å². The Morgan fingerprint density at radius 2 is 1.94 bits per heavy atom. The molecule has 1 aromatic heterocycles. The van der Waals surface area contributed by atoms with Gasteiger partial charge in [0.1, 0.15) is 0 Å². The molecule has 2 aromatic rings. The fraction of sp³-hybridized carbons (Fsp3) is 0.500. The zero-order valence-electron chi connectivity index (χ0n) is 11.2. The van der Waals surface area contributed by atoms with Gasteiger partial charge in [-0.15, -0.1) is 0 Å². The molecular formula is C16H21NO. The number of ether oxygens (including phenoxy) is 1. The molecule has 0 aliphatic carbocycles. The van der Waals surface area contributed by atoms with Crippen molar-refractivity contribution in [3.63, 3.8) is 0 Å². The third kappa shape index (κ3) is 1.95. The molecule has 0 spiro atoms. The highest BCUT2D eigenvalue weighted by molar-refractivity contribution is 5.81. The van der Waals surface area contributed by atoms with Crippen LogP contribution in [0.3, 0.4) is 0 Å². The minimum absolute atomic E-state index is 0.564. The lowest BCUT2D eigenvalue weighted by atomic mass is 9.92. The van der Waals surface area contributed by atoms with E-state index in [1.807, 2.05) is 0 Å². The normalized spacial score (nSPS) is 19.2. The minimum atomic E-state index is 0.564. The van der Waals surface area contributed by atoms with Crippen LogP contribution in [0.5, 0.6) is 0 Å². The molecular weight excluding hydrogens is 222 g/mol. The Hall–Kier alpha value is -1.28. The van der Waals surface area contributed by atoms with Gasteiger partial charge in [0.2, 0.25) is 0 Å². The van der Waals surface area contributed by atoms with E-state index in [1.54, 1.807) is 0 Å². The third-order valence-corrected chi connectivity index (χ3v) is 4.30. The summed E-state index contributed by atoms with van der Waals surface area (Å²) < 4.78 is 7.98. The summed E-state index contributed by atoms with van der Waals surface area (Å²) in [5.74, 6) is 0.744. The molecule has 1 aliphatic rings. The van der Waals surface area contributed by atoms with Crippen molar-refractivity contribution in [1.29, 1.82) is 0 Å².